The predicted molar refractivity (Wildman–Crippen MR) is 104 cm³/mol. The third kappa shape index (κ3) is 6.08. The molecule has 2 rings (SSSR count). The lowest BCUT2D eigenvalue weighted by Gasteiger charge is -2.14. The lowest BCUT2D eigenvalue weighted by Crippen LogP contribution is -2.33. The lowest BCUT2D eigenvalue weighted by atomic mass is 10.2. The molecule has 0 aliphatic carbocycles. The molecule has 5 nitrogen and oxygen atoms in total. The monoisotopic (exact) mass is 374 g/mol. The highest BCUT2D eigenvalue weighted by molar-refractivity contribution is 6.30. The van der Waals surface area contributed by atoms with E-state index in [2.05, 4.69) is 17.5 Å². The zero-order valence-corrected chi connectivity index (χ0v) is 15.9. The molecule has 0 fully saturated rings. The van der Waals surface area contributed by atoms with Crippen molar-refractivity contribution >= 4 is 23.7 Å². The molecule has 2 aromatic carbocycles. The van der Waals surface area contributed by atoms with Gasteiger partial charge in [0, 0.05) is 5.02 Å². The van der Waals surface area contributed by atoms with Gasteiger partial charge in [-0.3, -0.25) is 4.79 Å². The molecule has 6 heteroatoms. The molecule has 0 saturated heterocycles. The van der Waals surface area contributed by atoms with Gasteiger partial charge in [-0.2, -0.15) is 5.10 Å². The molecule has 0 aliphatic rings. The van der Waals surface area contributed by atoms with Crippen LogP contribution in [0.15, 0.2) is 47.6 Å². The van der Waals surface area contributed by atoms with Gasteiger partial charge in [-0.25, -0.2) is 5.43 Å². The number of carbonyl (C=O) groups is 1. The van der Waals surface area contributed by atoms with Crippen LogP contribution in [0.4, 0.5) is 0 Å². The molecule has 0 aliphatic heterocycles. The fraction of sp³-hybridized carbons (Fsp3) is 0.300. The van der Waals surface area contributed by atoms with Gasteiger partial charge in [-0.1, -0.05) is 18.5 Å². The van der Waals surface area contributed by atoms with E-state index < -0.39 is 6.10 Å². The molecular weight excluding hydrogens is 352 g/mol. The number of aryl methyl sites for hydroxylation is 1. The first-order valence-corrected chi connectivity index (χ1v) is 8.86. The minimum absolute atomic E-state index is 0.335. The average Bonchev–Trinajstić information content (AvgIpc) is 2.63. The van der Waals surface area contributed by atoms with Gasteiger partial charge in [0.15, 0.2) is 6.10 Å². The summed E-state index contributed by atoms with van der Waals surface area (Å²) in [6.45, 7) is 6.29. The number of nitrogens with zero attached hydrogens (tertiary/aromatic N) is 1. The first kappa shape index (κ1) is 19.8. The van der Waals surface area contributed by atoms with Crippen LogP contribution in [0.3, 0.4) is 0 Å². The van der Waals surface area contributed by atoms with Crippen LogP contribution in [-0.2, 0) is 4.79 Å². The summed E-state index contributed by atoms with van der Waals surface area (Å²) in [7, 11) is 0. The summed E-state index contributed by atoms with van der Waals surface area (Å²) in [5.41, 5.74) is 4.20. The van der Waals surface area contributed by atoms with Crippen molar-refractivity contribution < 1.29 is 14.3 Å². The third-order valence-electron chi connectivity index (χ3n) is 3.55. The van der Waals surface area contributed by atoms with Gasteiger partial charge in [-0.15, -0.1) is 0 Å². The van der Waals surface area contributed by atoms with Crippen LogP contribution in [-0.4, -0.2) is 24.8 Å². The molecule has 138 valence electrons. The highest BCUT2D eigenvalue weighted by atomic mass is 35.5. The highest BCUT2D eigenvalue weighted by Gasteiger charge is 2.15. The summed E-state index contributed by atoms with van der Waals surface area (Å²) in [4.78, 5) is 12.1. The summed E-state index contributed by atoms with van der Waals surface area (Å²) in [6, 6.07) is 12.7. The number of amides is 1. The maximum Gasteiger partial charge on any atom is 0.280 e. The van der Waals surface area contributed by atoms with E-state index in [0.717, 1.165) is 23.3 Å². The van der Waals surface area contributed by atoms with Crippen molar-refractivity contribution in [2.75, 3.05) is 6.61 Å². The van der Waals surface area contributed by atoms with Crippen LogP contribution in [0.2, 0.25) is 5.02 Å². The zero-order valence-electron chi connectivity index (χ0n) is 15.2. The number of nitrogens with one attached hydrogen (secondary N) is 1. The minimum atomic E-state index is -0.683. The van der Waals surface area contributed by atoms with E-state index in [1.807, 2.05) is 31.2 Å². The third-order valence-corrected chi connectivity index (χ3v) is 3.79. The molecule has 2 aromatic rings. The maximum atomic E-state index is 12.1. The topological polar surface area (TPSA) is 59.9 Å². The molecule has 1 amide bonds. The van der Waals surface area contributed by atoms with Crippen LogP contribution in [0.5, 0.6) is 11.5 Å². The second kappa shape index (κ2) is 9.82. The van der Waals surface area contributed by atoms with Gasteiger partial charge >= 0.3 is 0 Å². The minimum Gasteiger partial charge on any atom is -0.494 e. The Morgan fingerprint density at radius 2 is 2.00 bits per heavy atom. The zero-order chi connectivity index (χ0) is 18.9. The summed E-state index contributed by atoms with van der Waals surface area (Å²) in [5, 5.41) is 4.59. The van der Waals surface area contributed by atoms with Crippen molar-refractivity contribution in [1.82, 2.24) is 5.43 Å². The number of hydrazone groups is 1. The number of halogens is 1. The Morgan fingerprint density at radius 3 is 2.65 bits per heavy atom. The number of hydrogen-bond donors (Lipinski definition) is 1. The van der Waals surface area contributed by atoms with E-state index >= 15 is 0 Å². The van der Waals surface area contributed by atoms with E-state index in [1.54, 1.807) is 31.3 Å². The van der Waals surface area contributed by atoms with Crippen molar-refractivity contribution in [3.8, 4) is 11.5 Å². The van der Waals surface area contributed by atoms with Crippen molar-refractivity contribution in [3.63, 3.8) is 0 Å². The summed E-state index contributed by atoms with van der Waals surface area (Å²) < 4.78 is 11.2. The number of ether oxygens (including phenoxy) is 2. The maximum absolute atomic E-state index is 12.1. The number of carbonyl (C=O) groups excluding carboxylic acids is 1. The van der Waals surface area contributed by atoms with E-state index in [4.69, 9.17) is 21.1 Å². The van der Waals surface area contributed by atoms with Crippen LogP contribution in [0.25, 0.3) is 0 Å². The largest absolute Gasteiger partial charge is 0.494 e. The number of benzene rings is 2. The van der Waals surface area contributed by atoms with Gasteiger partial charge in [-0.05, 0) is 73.9 Å². The van der Waals surface area contributed by atoms with E-state index in [0.29, 0.717) is 17.4 Å². The van der Waals surface area contributed by atoms with Crippen molar-refractivity contribution in [2.24, 2.45) is 5.10 Å². The smallest absolute Gasteiger partial charge is 0.280 e. The average molecular weight is 375 g/mol. The summed E-state index contributed by atoms with van der Waals surface area (Å²) in [6.07, 6.45) is 1.85. The molecule has 0 radical (unpaired) electrons. The van der Waals surface area contributed by atoms with Crippen molar-refractivity contribution in [2.45, 2.75) is 33.3 Å². The molecule has 0 spiro atoms. The van der Waals surface area contributed by atoms with E-state index in [9.17, 15) is 4.79 Å². The normalized spacial score (nSPS) is 12.0. The van der Waals surface area contributed by atoms with E-state index in [1.165, 1.54) is 0 Å². The Labute approximate surface area is 159 Å². The Balaban J connectivity index is 1.85. The van der Waals surface area contributed by atoms with Crippen LogP contribution in [0.1, 0.15) is 31.4 Å². The molecule has 1 atom stereocenters. The van der Waals surface area contributed by atoms with Crippen molar-refractivity contribution in [3.05, 3.63) is 58.6 Å². The molecule has 1 unspecified atom stereocenters. The van der Waals surface area contributed by atoms with Crippen LogP contribution in [0, 0.1) is 6.92 Å². The Hall–Kier alpha value is -2.53. The van der Waals surface area contributed by atoms with Crippen LogP contribution < -0.4 is 14.9 Å². The molecule has 0 bridgehead atoms. The second-order valence-corrected chi connectivity index (χ2v) is 6.26. The quantitative estimate of drug-likeness (QED) is 0.551. The Bertz CT molecular complexity index is 760. The van der Waals surface area contributed by atoms with Crippen LogP contribution >= 0.6 is 11.6 Å². The molecule has 26 heavy (non-hydrogen) atoms. The molecule has 0 heterocycles. The summed E-state index contributed by atoms with van der Waals surface area (Å²) >= 11 is 5.92. The van der Waals surface area contributed by atoms with Gasteiger partial charge in [0.2, 0.25) is 0 Å². The van der Waals surface area contributed by atoms with E-state index in [-0.39, 0.29) is 5.91 Å². The predicted octanol–water partition coefficient (Wildman–Crippen LogP) is 4.35. The molecular formula is C20H23ClN2O3. The fourth-order valence-corrected chi connectivity index (χ4v) is 2.35. The summed E-state index contributed by atoms with van der Waals surface area (Å²) in [5.74, 6) is 1.09. The first-order chi connectivity index (χ1) is 12.5. The highest BCUT2D eigenvalue weighted by Crippen LogP contribution is 2.22. The molecule has 0 aromatic heterocycles. The Kier molecular flexibility index (Phi) is 7.48. The lowest BCUT2D eigenvalue weighted by molar-refractivity contribution is -0.127. The Morgan fingerprint density at radius 1 is 1.27 bits per heavy atom. The first-order valence-electron chi connectivity index (χ1n) is 8.48. The van der Waals surface area contributed by atoms with Gasteiger partial charge in [0.05, 0.1) is 12.8 Å². The number of hydrogen-bond acceptors (Lipinski definition) is 4. The van der Waals surface area contributed by atoms with Gasteiger partial charge in [0.1, 0.15) is 11.5 Å². The second-order valence-electron chi connectivity index (χ2n) is 5.82. The number of rotatable bonds is 8. The molecule has 1 N–H and O–H groups in total. The standard InChI is InChI=1S/C20H23ClN2O3/c1-4-11-25-18-8-5-16(6-9-18)13-22-23-20(24)15(3)26-19-10-7-17(21)12-14(19)2/h5-10,12-13,15H,4,11H2,1-3H3,(H,23,24). The van der Waals surface area contributed by atoms with Gasteiger partial charge in [0.25, 0.3) is 5.91 Å². The van der Waals surface area contributed by atoms with Crippen molar-refractivity contribution in [1.29, 1.82) is 0 Å². The van der Waals surface area contributed by atoms with Gasteiger partial charge < -0.3 is 9.47 Å². The molecule has 0 saturated carbocycles. The fourth-order valence-electron chi connectivity index (χ4n) is 2.12. The SMILES string of the molecule is CCCOc1ccc(C=NNC(=O)C(C)Oc2ccc(Cl)cc2C)cc1.